The zero-order valence-electron chi connectivity index (χ0n) is 35.0. The Morgan fingerprint density at radius 3 is 1.42 bits per heavy atom. The quantitative estimate of drug-likeness (QED) is 0.0245. The number of esters is 1. The Bertz CT molecular complexity index is 1340. The van der Waals surface area contributed by atoms with Crippen LogP contribution in [0.2, 0.25) is 0 Å². The number of aliphatic hydroxyl groups excluding tert-OH is 1. The zero-order chi connectivity index (χ0) is 41.8. The molecule has 1 amide bonds. The second-order valence-electron chi connectivity index (χ2n) is 13.2. The zero-order valence-corrected chi connectivity index (χ0v) is 35.9. The van der Waals surface area contributed by atoms with Crippen LogP contribution in [0.3, 0.4) is 0 Å². The Balaban J connectivity index is 3.78. The molecule has 0 aliphatic rings. The first kappa shape index (κ1) is 53.4. The number of phosphoric acid groups is 1. The number of unbranched alkanes of at least 4 members (excludes halogenated alkanes) is 4. The minimum absolute atomic E-state index is 0.0507. The summed E-state index contributed by atoms with van der Waals surface area (Å²) < 4.78 is 26.8. The van der Waals surface area contributed by atoms with Crippen LogP contribution in [0, 0.1) is 0 Å². The second-order valence-corrected chi connectivity index (χ2v) is 14.6. The number of allylic oxidation sites excluding steroid dienone is 20. The summed E-state index contributed by atoms with van der Waals surface area (Å²) in [7, 11) is -4.45. The van der Waals surface area contributed by atoms with Gasteiger partial charge in [-0.3, -0.25) is 18.6 Å². The summed E-state index contributed by atoms with van der Waals surface area (Å²) in [5.41, 5.74) is 0. The Labute approximate surface area is 345 Å². The average molecular weight is 812 g/mol. The number of rotatable bonds is 37. The molecule has 0 saturated heterocycles. The van der Waals surface area contributed by atoms with Crippen LogP contribution in [0.5, 0.6) is 0 Å². The van der Waals surface area contributed by atoms with E-state index >= 15 is 0 Å². The summed E-state index contributed by atoms with van der Waals surface area (Å²) in [6, 6.07) is 0. The Hall–Kier alpha value is -3.59. The number of carbonyl (C=O) groups is 2. The highest BCUT2D eigenvalue weighted by molar-refractivity contribution is 7.47. The summed E-state index contributed by atoms with van der Waals surface area (Å²) in [4.78, 5) is 33.8. The van der Waals surface area contributed by atoms with E-state index in [1.807, 2.05) is 6.08 Å². The third kappa shape index (κ3) is 43.4. The number of amides is 1. The van der Waals surface area contributed by atoms with Gasteiger partial charge in [0.2, 0.25) is 5.91 Å². The fraction of sp³-hybridized carbons (Fsp3) is 0.532. The fourth-order valence-electron chi connectivity index (χ4n) is 4.79. The maximum absolute atomic E-state index is 12.1. The predicted octanol–water partition coefficient (Wildman–Crippen LogP) is 11.8. The molecule has 3 N–H and O–H groups in total. The predicted molar refractivity (Wildman–Crippen MR) is 238 cm³/mol. The lowest BCUT2D eigenvalue weighted by molar-refractivity contribution is -0.147. The Morgan fingerprint density at radius 1 is 0.544 bits per heavy atom. The van der Waals surface area contributed by atoms with Gasteiger partial charge in [0.05, 0.1) is 13.2 Å². The molecule has 0 aliphatic heterocycles. The molecule has 320 valence electrons. The van der Waals surface area contributed by atoms with Crippen molar-refractivity contribution < 1.29 is 37.9 Å². The molecule has 0 bridgehead atoms. The van der Waals surface area contributed by atoms with Crippen LogP contribution in [-0.4, -0.2) is 54.3 Å². The number of phosphoric ester groups is 1. The van der Waals surface area contributed by atoms with Crippen molar-refractivity contribution >= 4 is 19.7 Å². The van der Waals surface area contributed by atoms with E-state index in [1.165, 1.54) is 0 Å². The third-order valence-electron chi connectivity index (χ3n) is 7.89. The van der Waals surface area contributed by atoms with E-state index in [-0.39, 0.29) is 32.1 Å². The van der Waals surface area contributed by atoms with Gasteiger partial charge in [-0.15, -0.1) is 0 Å². The Morgan fingerprint density at radius 2 is 0.965 bits per heavy atom. The molecule has 0 aromatic heterocycles. The summed E-state index contributed by atoms with van der Waals surface area (Å²) in [6.45, 7) is 3.18. The molecule has 0 radical (unpaired) electrons. The molecule has 0 rings (SSSR count). The van der Waals surface area contributed by atoms with E-state index in [9.17, 15) is 24.2 Å². The number of hydrogen-bond donors (Lipinski definition) is 3. The number of nitrogens with one attached hydrogen (secondary N) is 1. The third-order valence-corrected chi connectivity index (χ3v) is 8.87. The van der Waals surface area contributed by atoms with Gasteiger partial charge in [0.15, 0.2) is 0 Å². The molecular weight excluding hydrogens is 737 g/mol. The van der Waals surface area contributed by atoms with Crippen LogP contribution < -0.4 is 5.32 Å². The molecule has 57 heavy (non-hydrogen) atoms. The molecule has 0 aliphatic carbocycles. The first-order chi connectivity index (χ1) is 27.8. The van der Waals surface area contributed by atoms with Crippen LogP contribution in [-0.2, 0) is 27.9 Å². The molecule has 10 heteroatoms. The van der Waals surface area contributed by atoms with Crippen molar-refractivity contribution in [3.63, 3.8) is 0 Å². The van der Waals surface area contributed by atoms with Gasteiger partial charge in [-0.25, -0.2) is 4.57 Å². The standard InChI is InChI=1S/C47H74NO8P/c1-3-5-7-9-11-13-15-17-18-19-20-21-22-23-24-25-26-28-30-32-34-36-38-40-47(51)54-43-45(49)44-56-57(52,53)55-42-41-48-46(50)39-37-35-33-31-29-27-16-14-12-10-8-6-4-2/h5-8,11-14,17-18,20-21,23-24,26-29,32,34,45,49H,3-4,9-10,15-16,19,22,25,30-31,33,35-44H2,1-2H3,(H,48,50)(H,52,53)/b7-5-,8-6-,13-11-,14-12-,18-17-,21-20-,24-23-,28-26-,29-27-,34-32-. The van der Waals surface area contributed by atoms with Crippen LogP contribution in [0.15, 0.2) is 122 Å². The van der Waals surface area contributed by atoms with Crippen molar-refractivity contribution in [3.8, 4) is 0 Å². The number of carbonyl (C=O) groups excluding carboxylic acids is 2. The van der Waals surface area contributed by atoms with Crippen molar-refractivity contribution in [3.05, 3.63) is 122 Å². The van der Waals surface area contributed by atoms with Gasteiger partial charge in [0.25, 0.3) is 0 Å². The monoisotopic (exact) mass is 812 g/mol. The normalized spacial score (nSPS) is 14.5. The summed E-state index contributed by atoms with van der Waals surface area (Å²) >= 11 is 0. The molecule has 9 nitrogen and oxygen atoms in total. The summed E-state index contributed by atoms with van der Waals surface area (Å²) in [5.74, 6) is -0.621. The second kappa shape index (κ2) is 42.0. The lowest BCUT2D eigenvalue weighted by Crippen LogP contribution is -2.27. The van der Waals surface area contributed by atoms with Gasteiger partial charge in [0, 0.05) is 19.4 Å². The van der Waals surface area contributed by atoms with E-state index in [4.69, 9.17) is 13.8 Å². The molecule has 0 saturated carbocycles. The van der Waals surface area contributed by atoms with Crippen LogP contribution in [0.4, 0.5) is 0 Å². The highest BCUT2D eigenvalue weighted by Gasteiger charge is 2.23. The van der Waals surface area contributed by atoms with Crippen molar-refractivity contribution in [2.24, 2.45) is 0 Å². The van der Waals surface area contributed by atoms with E-state index < -0.39 is 26.5 Å². The number of ether oxygens (including phenoxy) is 1. The first-order valence-electron chi connectivity index (χ1n) is 21.0. The van der Waals surface area contributed by atoms with Gasteiger partial charge >= 0.3 is 13.8 Å². The topological polar surface area (TPSA) is 131 Å². The molecule has 0 aromatic carbocycles. The lowest BCUT2D eigenvalue weighted by atomic mass is 10.1. The van der Waals surface area contributed by atoms with Crippen molar-refractivity contribution in [1.82, 2.24) is 5.32 Å². The van der Waals surface area contributed by atoms with Crippen LogP contribution in [0.25, 0.3) is 0 Å². The molecule has 2 unspecified atom stereocenters. The van der Waals surface area contributed by atoms with Crippen molar-refractivity contribution in [2.45, 2.75) is 136 Å². The smallest absolute Gasteiger partial charge is 0.463 e. The number of aliphatic hydroxyl groups is 1. The fourth-order valence-corrected chi connectivity index (χ4v) is 5.55. The molecule has 0 fully saturated rings. The van der Waals surface area contributed by atoms with E-state index in [2.05, 4.69) is 135 Å². The molecule has 0 spiro atoms. The van der Waals surface area contributed by atoms with Gasteiger partial charge < -0.3 is 20.1 Å². The van der Waals surface area contributed by atoms with Gasteiger partial charge in [-0.05, 0) is 96.3 Å². The van der Waals surface area contributed by atoms with E-state index in [0.29, 0.717) is 12.8 Å². The SMILES string of the molecule is CC/C=C\C/C=C\C/C=C\C/C=C\C/C=C\C/C=C\C/C=C\CCCC(=O)OCC(O)COP(=O)(O)OCCNC(=O)CCCCC/C=C\C/C=C\C/C=C\CC. The van der Waals surface area contributed by atoms with E-state index in [1.54, 1.807) is 0 Å². The lowest BCUT2D eigenvalue weighted by Gasteiger charge is -2.15. The molecule has 0 aromatic rings. The highest BCUT2D eigenvalue weighted by Crippen LogP contribution is 2.42. The minimum Gasteiger partial charge on any atom is -0.463 e. The maximum atomic E-state index is 12.1. The summed E-state index contributed by atoms with van der Waals surface area (Å²) in [6.07, 6.45) is 57.1. The first-order valence-corrected chi connectivity index (χ1v) is 22.5. The largest absolute Gasteiger partial charge is 0.472 e. The van der Waals surface area contributed by atoms with E-state index in [0.717, 1.165) is 96.3 Å². The molecular formula is C47H74NO8P. The Kier molecular flexibility index (Phi) is 39.4. The van der Waals surface area contributed by atoms with Gasteiger partial charge in [-0.1, -0.05) is 142 Å². The van der Waals surface area contributed by atoms with Crippen molar-refractivity contribution in [2.75, 3.05) is 26.4 Å². The van der Waals surface area contributed by atoms with Gasteiger partial charge in [0.1, 0.15) is 12.7 Å². The number of hydrogen-bond acceptors (Lipinski definition) is 7. The molecule has 2 atom stereocenters. The van der Waals surface area contributed by atoms with Gasteiger partial charge in [-0.2, -0.15) is 0 Å². The van der Waals surface area contributed by atoms with Crippen LogP contribution >= 0.6 is 7.82 Å². The minimum atomic E-state index is -4.45. The van der Waals surface area contributed by atoms with Crippen LogP contribution in [0.1, 0.15) is 129 Å². The van der Waals surface area contributed by atoms with Crippen molar-refractivity contribution in [1.29, 1.82) is 0 Å². The summed E-state index contributed by atoms with van der Waals surface area (Å²) in [5, 5.41) is 12.6. The average Bonchev–Trinajstić information content (AvgIpc) is 3.20. The highest BCUT2D eigenvalue weighted by atomic mass is 31.2. The maximum Gasteiger partial charge on any atom is 0.472 e. The molecule has 0 heterocycles.